The van der Waals surface area contributed by atoms with Gasteiger partial charge in [-0.05, 0) is 38.1 Å². The highest BCUT2D eigenvalue weighted by Gasteiger charge is 2.31. The maximum Gasteiger partial charge on any atom is 0.293 e. The first-order valence-corrected chi connectivity index (χ1v) is 15.6. The van der Waals surface area contributed by atoms with Gasteiger partial charge in [0.05, 0.1) is 31.1 Å². The Bertz CT molecular complexity index is 1330. The third kappa shape index (κ3) is 9.20. The van der Waals surface area contributed by atoms with Crippen LogP contribution in [0.25, 0.3) is 22.5 Å². The van der Waals surface area contributed by atoms with Gasteiger partial charge in [-0.2, -0.15) is 4.79 Å². The summed E-state index contributed by atoms with van der Waals surface area (Å²) in [4.78, 5) is 39.6. The molecule has 0 saturated carbocycles. The molecule has 4 rings (SSSR count). The standard InChI is InChI=1S/C27H33N5O5.C6H15N/c1-2-15-36-16-12-24(34)29-13-11-25(35)30-18-20-7-3-4-8-21(20)27-26(22-9-5-6-10-23(22)30)31(32(27)28)14-17-37-19-33;1-3-4-5-6-7-2/h3-10,19H,2,11-18,28H2,1H3,(H,29,34);7H,3-6H2,1-2H3. The number of hydrogen-bond acceptors (Lipinski definition) is 7. The van der Waals surface area contributed by atoms with E-state index in [-0.39, 0.29) is 37.8 Å². The Hall–Kier alpha value is -4.09. The van der Waals surface area contributed by atoms with Crippen LogP contribution in [0.5, 0.6) is 0 Å². The fraction of sp³-hybridized carbons (Fsp3) is 0.485. The van der Waals surface area contributed by atoms with Gasteiger partial charge in [-0.25, -0.2) is 0 Å². The Balaban J connectivity index is 0.000000676. The molecule has 1 aromatic heterocycles. The first kappa shape index (κ1) is 34.4. The average Bonchev–Trinajstić information content (AvgIpc) is 3.03. The van der Waals surface area contributed by atoms with Gasteiger partial charge in [0.1, 0.15) is 12.3 Å². The highest BCUT2D eigenvalue weighted by molar-refractivity contribution is 6.00. The summed E-state index contributed by atoms with van der Waals surface area (Å²) < 4.78 is 12.1. The summed E-state index contributed by atoms with van der Waals surface area (Å²) in [6, 6.07) is 15.5. The van der Waals surface area contributed by atoms with Gasteiger partial charge in [0.15, 0.2) is 0 Å². The molecule has 2 aromatic carbocycles. The van der Waals surface area contributed by atoms with Crippen LogP contribution in [0.2, 0.25) is 0 Å². The molecular formula is C33H48N6O5. The van der Waals surface area contributed by atoms with Crippen LogP contribution < -0.4 is 21.4 Å². The quantitative estimate of drug-likeness (QED) is 0.127. The SMILES string of the molecule is CCCCCNC.CCCOCCC(=O)NCCC(=O)N1Cc2ccccc2-c2c(n(CCOC=O)n2N)-c2ccccc21. The molecule has 0 aliphatic carbocycles. The molecule has 0 atom stereocenters. The van der Waals surface area contributed by atoms with Crippen LogP contribution in [0, 0.1) is 0 Å². The van der Waals surface area contributed by atoms with Crippen molar-refractivity contribution in [1.82, 2.24) is 20.1 Å². The van der Waals surface area contributed by atoms with E-state index in [1.165, 1.54) is 25.8 Å². The maximum absolute atomic E-state index is 13.5. The van der Waals surface area contributed by atoms with Crippen molar-refractivity contribution >= 4 is 24.0 Å². The van der Waals surface area contributed by atoms with Gasteiger partial charge in [-0.3, -0.25) is 19.1 Å². The number of anilines is 1. The molecule has 0 unspecified atom stereocenters. The van der Waals surface area contributed by atoms with Crippen molar-refractivity contribution in [2.24, 2.45) is 0 Å². The Morgan fingerprint density at radius 3 is 2.39 bits per heavy atom. The average molecular weight is 609 g/mol. The molecular weight excluding hydrogens is 560 g/mol. The minimum atomic E-state index is -0.136. The fourth-order valence-electron chi connectivity index (χ4n) is 5.11. The van der Waals surface area contributed by atoms with Crippen molar-refractivity contribution in [3.63, 3.8) is 0 Å². The van der Waals surface area contributed by atoms with Crippen LogP contribution in [0.15, 0.2) is 48.5 Å². The highest BCUT2D eigenvalue weighted by atomic mass is 16.5. The molecule has 0 radical (unpaired) electrons. The van der Waals surface area contributed by atoms with Crippen LogP contribution >= 0.6 is 0 Å². The molecule has 1 aliphatic heterocycles. The van der Waals surface area contributed by atoms with Gasteiger partial charge in [-0.1, -0.05) is 69.2 Å². The number of hydrogen-bond donors (Lipinski definition) is 3. The van der Waals surface area contributed by atoms with E-state index in [4.69, 9.17) is 15.3 Å². The number of ether oxygens (including phenoxy) is 2. The van der Waals surface area contributed by atoms with E-state index >= 15 is 0 Å². The van der Waals surface area contributed by atoms with Crippen molar-refractivity contribution in [2.75, 3.05) is 50.7 Å². The number of aromatic nitrogens is 2. The number of carbonyl (C=O) groups excluding carboxylic acids is 3. The number of para-hydroxylation sites is 1. The molecule has 4 N–H and O–H groups in total. The number of nitrogen functional groups attached to an aromatic ring is 1. The third-order valence-electron chi connectivity index (χ3n) is 7.33. The zero-order valence-corrected chi connectivity index (χ0v) is 26.3. The summed E-state index contributed by atoms with van der Waals surface area (Å²) in [5, 5.41) is 5.92. The van der Waals surface area contributed by atoms with Crippen LogP contribution in [0.1, 0.15) is 57.9 Å². The number of amides is 2. The number of benzene rings is 2. The van der Waals surface area contributed by atoms with E-state index in [0.29, 0.717) is 32.8 Å². The summed E-state index contributed by atoms with van der Waals surface area (Å²) in [5.41, 5.74) is 5.19. The predicted octanol–water partition coefficient (Wildman–Crippen LogP) is 4.08. The lowest BCUT2D eigenvalue weighted by molar-refractivity contribution is -0.129. The van der Waals surface area contributed by atoms with Crippen molar-refractivity contribution in [3.05, 3.63) is 54.1 Å². The predicted molar refractivity (Wildman–Crippen MR) is 173 cm³/mol. The molecule has 2 heterocycles. The van der Waals surface area contributed by atoms with Crippen LogP contribution in [-0.4, -0.2) is 67.7 Å². The number of nitrogens with one attached hydrogen (secondary N) is 2. The van der Waals surface area contributed by atoms with E-state index in [9.17, 15) is 14.4 Å². The summed E-state index contributed by atoms with van der Waals surface area (Å²) in [6.07, 6.45) is 5.34. The zero-order valence-electron chi connectivity index (χ0n) is 26.3. The highest BCUT2D eigenvalue weighted by Crippen LogP contribution is 2.43. The second-order valence-electron chi connectivity index (χ2n) is 10.6. The van der Waals surface area contributed by atoms with Gasteiger partial charge in [0.2, 0.25) is 11.8 Å². The zero-order chi connectivity index (χ0) is 31.7. The molecule has 1 aliphatic rings. The fourth-order valence-corrected chi connectivity index (χ4v) is 5.11. The largest absolute Gasteiger partial charge is 0.466 e. The summed E-state index contributed by atoms with van der Waals surface area (Å²) in [5.74, 6) is 6.18. The van der Waals surface area contributed by atoms with Gasteiger partial charge in [0.25, 0.3) is 6.47 Å². The van der Waals surface area contributed by atoms with Gasteiger partial charge < -0.3 is 30.8 Å². The molecule has 11 nitrogen and oxygen atoms in total. The molecule has 0 bridgehead atoms. The second kappa shape index (κ2) is 18.5. The van der Waals surface area contributed by atoms with Crippen LogP contribution in [0.3, 0.4) is 0 Å². The molecule has 44 heavy (non-hydrogen) atoms. The lowest BCUT2D eigenvalue weighted by Crippen LogP contribution is -2.38. The minimum Gasteiger partial charge on any atom is -0.466 e. The first-order chi connectivity index (χ1) is 21.5. The molecule has 3 aromatic rings. The van der Waals surface area contributed by atoms with E-state index in [2.05, 4.69) is 17.6 Å². The van der Waals surface area contributed by atoms with E-state index < -0.39 is 0 Å². The molecule has 0 spiro atoms. The van der Waals surface area contributed by atoms with Crippen molar-refractivity contribution in [1.29, 1.82) is 0 Å². The van der Waals surface area contributed by atoms with Crippen molar-refractivity contribution in [2.45, 2.75) is 65.5 Å². The molecule has 2 amide bonds. The van der Waals surface area contributed by atoms with Gasteiger partial charge in [-0.15, -0.1) is 0 Å². The lowest BCUT2D eigenvalue weighted by Gasteiger charge is -2.35. The molecule has 11 heteroatoms. The second-order valence-corrected chi connectivity index (χ2v) is 10.6. The minimum absolute atomic E-state index is 0.103. The normalized spacial score (nSPS) is 11.7. The Kier molecular flexibility index (Phi) is 14.5. The van der Waals surface area contributed by atoms with Gasteiger partial charge in [0, 0.05) is 37.1 Å². The summed E-state index contributed by atoms with van der Waals surface area (Å²) >= 11 is 0. The number of nitrogens with two attached hydrogens (primary N) is 1. The Morgan fingerprint density at radius 2 is 1.66 bits per heavy atom. The van der Waals surface area contributed by atoms with Crippen LogP contribution in [0.4, 0.5) is 5.69 Å². The third-order valence-corrected chi connectivity index (χ3v) is 7.33. The number of fused-ring (bicyclic) bond motifs is 5. The number of nitrogens with zero attached hydrogens (tertiary/aromatic N) is 3. The molecule has 240 valence electrons. The monoisotopic (exact) mass is 608 g/mol. The molecule has 0 saturated heterocycles. The van der Waals surface area contributed by atoms with E-state index in [1.807, 2.05) is 67.2 Å². The summed E-state index contributed by atoms with van der Waals surface area (Å²) in [7, 11) is 2.00. The number of unbranched alkanes of at least 4 members (excludes halogenated alkanes) is 2. The molecule has 0 fully saturated rings. The smallest absolute Gasteiger partial charge is 0.293 e. The lowest BCUT2D eigenvalue weighted by atomic mass is 9.94. The Labute approximate surface area is 260 Å². The first-order valence-electron chi connectivity index (χ1n) is 15.6. The van der Waals surface area contributed by atoms with Crippen molar-refractivity contribution < 1.29 is 23.9 Å². The number of carbonyl (C=O) groups is 3. The Morgan fingerprint density at radius 1 is 0.909 bits per heavy atom. The van der Waals surface area contributed by atoms with E-state index in [1.54, 1.807) is 9.69 Å². The number of rotatable bonds is 16. The van der Waals surface area contributed by atoms with Crippen molar-refractivity contribution in [3.8, 4) is 22.5 Å². The van der Waals surface area contributed by atoms with Gasteiger partial charge >= 0.3 is 0 Å². The summed E-state index contributed by atoms with van der Waals surface area (Å²) in [6.45, 7) is 7.96. The van der Waals surface area contributed by atoms with E-state index in [0.717, 1.165) is 40.2 Å². The van der Waals surface area contributed by atoms with Crippen LogP contribution in [-0.2, 0) is 36.9 Å². The maximum atomic E-state index is 13.5. The topological polar surface area (TPSA) is 133 Å².